The number of nitrogens with zero attached hydrogens (tertiary/aromatic N) is 2. The molecule has 1 aromatic heterocycles. The van der Waals surface area contributed by atoms with Crippen molar-refractivity contribution >= 4 is 5.97 Å². The number of carbonyl (C=O) groups excluding carboxylic acids is 1. The van der Waals surface area contributed by atoms with Crippen LogP contribution >= 0.6 is 0 Å². The summed E-state index contributed by atoms with van der Waals surface area (Å²) in [5.74, 6) is 0.0744. The van der Waals surface area contributed by atoms with Crippen LogP contribution in [0.25, 0.3) is 22.5 Å². The smallest absolute Gasteiger partial charge is 0.348 e. The van der Waals surface area contributed by atoms with E-state index in [2.05, 4.69) is 16.9 Å². The summed E-state index contributed by atoms with van der Waals surface area (Å²) < 4.78 is 33.6. The summed E-state index contributed by atoms with van der Waals surface area (Å²) in [6, 6.07) is 14.8. The highest BCUT2D eigenvalue weighted by Gasteiger charge is 2.34. The van der Waals surface area contributed by atoms with Gasteiger partial charge in [0.2, 0.25) is 5.67 Å². The monoisotopic (exact) mass is 606 g/mol. The average Bonchev–Trinajstić information content (AvgIpc) is 3.03. The van der Waals surface area contributed by atoms with Gasteiger partial charge in [0.15, 0.2) is 5.82 Å². The van der Waals surface area contributed by atoms with Crippen molar-refractivity contribution in [3.05, 3.63) is 66.5 Å². The highest BCUT2D eigenvalue weighted by atomic mass is 19.1. The quantitative estimate of drug-likeness (QED) is 0.0687. The molecule has 0 aliphatic heterocycles. The summed E-state index contributed by atoms with van der Waals surface area (Å²) in [5.41, 5.74) is 1.65. The number of hydrogen-bond donors (Lipinski definition) is 0. The van der Waals surface area contributed by atoms with Crippen LogP contribution in [0.2, 0.25) is 0 Å². The van der Waals surface area contributed by atoms with Crippen molar-refractivity contribution in [2.75, 3.05) is 0 Å². The van der Waals surface area contributed by atoms with Crippen molar-refractivity contribution in [1.82, 2.24) is 9.97 Å². The number of aromatic nitrogens is 2. The number of unbranched alkanes of at least 4 members (excludes halogenated alkanes) is 12. The molecule has 44 heavy (non-hydrogen) atoms. The zero-order valence-electron chi connectivity index (χ0n) is 27.1. The van der Waals surface area contributed by atoms with Gasteiger partial charge < -0.3 is 4.74 Å². The van der Waals surface area contributed by atoms with E-state index in [4.69, 9.17) is 4.74 Å². The van der Waals surface area contributed by atoms with E-state index < -0.39 is 17.8 Å². The van der Waals surface area contributed by atoms with E-state index in [0.29, 0.717) is 30.8 Å². The first kappa shape index (κ1) is 35.3. The summed E-state index contributed by atoms with van der Waals surface area (Å²) in [5, 5.41) is 0. The van der Waals surface area contributed by atoms with Crippen molar-refractivity contribution in [3.63, 3.8) is 0 Å². The summed E-state index contributed by atoms with van der Waals surface area (Å²) in [7, 11) is 0. The minimum absolute atomic E-state index is 0.172. The lowest BCUT2D eigenvalue weighted by Gasteiger charge is -2.18. The van der Waals surface area contributed by atoms with E-state index in [1.54, 1.807) is 31.5 Å². The molecule has 0 radical (unpaired) electrons. The SMILES string of the molecule is CCCCCCCCCCCCCCC[C@](C)(F)C(=O)Oc1ccc(-c2cnc(-c3ccc(CC[C@H](C)F)cc3)nc2)cc1. The lowest BCUT2D eigenvalue weighted by atomic mass is 9.99. The number of halogens is 2. The second-order valence-corrected chi connectivity index (χ2v) is 12.4. The molecule has 0 saturated heterocycles. The second kappa shape index (κ2) is 19.3. The van der Waals surface area contributed by atoms with E-state index in [1.165, 1.54) is 71.1 Å². The first-order chi connectivity index (χ1) is 21.3. The standard InChI is InChI=1S/C38H52F2N2O2/c1-4-5-6-7-8-9-10-11-12-13-14-15-16-27-38(3,40)37(43)44-35-25-23-32(24-26-35)34-28-41-36(42-29-34)33-21-19-31(20-22-33)18-17-30(2)39/h19-26,28-30H,4-18,27H2,1-3H3/t30-,38-/m0/s1. The van der Waals surface area contributed by atoms with Crippen LogP contribution in [0.3, 0.4) is 0 Å². The van der Waals surface area contributed by atoms with E-state index >= 15 is 4.39 Å². The highest BCUT2D eigenvalue weighted by molar-refractivity contribution is 5.81. The molecule has 240 valence electrons. The average molecular weight is 607 g/mol. The third kappa shape index (κ3) is 12.8. The summed E-state index contributed by atoms with van der Waals surface area (Å²) in [6.07, 6.45) is 19.9. The van der Waals surface area contributed by atoms with Gasteiger partial charge in [-0.2, -0.15) is 0 Å². The Labute approximate surface area is 264 Å². The molecule has 4 nitrogen and oxygen atoms in total. The van der Waals surface area contributed by atoms with E-state index in [-0.39, 0.29) is 6.42 Å². The molecular weight excluding hydrogens is 554 g/mol. The highest BCUT2D eigenvalue weighted by Crippen LogP contribution is 2.27. The zero-order valence-corrected chi connectivity index (χ0v) is 27.1. The molecule has 1 heterocycles. The largest absolute Gasteiger partial charge is 0.424 e. The molecule has 0 N–H and O–H groups in total. The molecule has 3 rings (SSSR count). The zero-order chi connectivity index (χ0) is 31.6. The lowest BCUT2D eigenvalue weighted by molar-refractivity contribution is -0.147. The Balaban J connectivity index is 1.36. The fraction of sp³-hybridized carbons (Fsp3) is 0.553. The Kier molecular flexibility index (Phi) is 15.5. The Morgan fingerprint density at radius 3 is 1.77 bits per heavy atom. The Morgan fingerprint density at radius 1 is 0.750 bits per heavy atom. The first-order valence-corrected chi connectivity index (χ1v) is 16.9. The van der Waals surface area contributed by atoms with Gasteiger partial charge in [0, 0.05) is 23.5 Å². The molecule has 0 bridgehead atoms. The number of alkyl halides is 2. The predicted octanol–water partition coefficient (Wildman–Crippen LogP) is 11.2. The van der Waals surface area contributed by atoms with Gasteiger partial charge >= 0.3 is 5.97 Å². The lowest BCUT2D eigenvalue weighted by Crippen LogP contribution is -2.34. The number of benzene rings is 2. The van der Waals surface area contributed by atoms with Crippen LogP contribution in [0.1, 0.15) is 123 Å². The fourth-order valence-electron chi connectivity index (χ4n) is 5.32. The summed E-state index contributed by atoms with van der Waals surface area (Å²) in [6.45, 7) is 5.15. The minimum atomic E-state index is -2.01. The van der Waals surface area contributed by atoms with Crippen LogP contribution in [0.5, 0.6) is 5.75 Å². The normalized spacial score (nSPS) is 13.4. The molecule has 0 unspecified atom stereocenters. The molecule has 2 atom stereocenters. The van der Waals surface area contributed by atoms with Crippen molar-refractivity contribution in [2.24, 2.45) is 0 Å². The molecule has 0 spiro atoms. The van der Waals surface area contributed by atoms with Gasteiger partial charge in [-0.3, -0.25) is 0 Å². The van der Waals surface area contributed by atoms with E-state index in [1.807, 2.05) is 36.4 Å². The summed E-state index contributed by atoms with van der Waals surface area (Å²) >= 11 is 0. The third-order valence-corrected chi connectivity index (χ3v) is 8.27. The number of ether oxygens (including phenoxy) is 1. The van der Waals surface area contributed by atoms with Crippen LogP contribution in [-0.2, 0) is 11.2 Å². The number of rotatable bonds is 21. The Morgan fingerprint density at radius 2 is 1.25 bits per heavy atom. The van der Waals surface area contributed by atoms with E-state index in [9.17, 15) is 9.18 Å². The van der Waals surface area contributed by atoms with Crippen LogP contribution < -0.4 is 4.74 Å². The minimum Gasteiger partial charge on any atom is -0.424 e. The molecule has 2 aromatic carbocycles. The predicted molar refractivity (Wildman–Crippen MR) is 177 cm³/mol. The van der Waals surface area contributed by atoms with Crippen LogP contribution in [0.15, 0.2) is 60.9 Å². The molecule has 0 aliphatic rings. The number of hydrogen-bond acceptors (Lipinski definition) is 4. The van der Waals surface area contributed by atoms with Gasteiger partial charge in [-0.25, -0.2) is 23.5 Å². The number of carbonyl (C=O) groups is 1. The van der Waals surface area contributed by atoms with E-state index in [0.717, 1.165) is 35.1 Å². The molecule has 0 fully saturated rings. The first-order valence-electron chi connectivity index (χ1n) is 16.9. The maximum Gasteiger partial charge on any atom is 0.348 e. The topological polar surface area (TPSA) is 52.1 Å². The van der Waals surface area contributed by atoms with Crippen LogP contribution in [-0.4, -0.2) is 27.8 Å². The fourth-order valence-corrected chi connectivity index (χ4v) is 5.32. The number of aryl methyl sites for hydroxylation is 1. The van der Waals surface area contributed by atoms with Crippen molar-refractivity contribution in [1.29, 1.82) is 0 Å². The summed E-state index contributed by atoms with van der Waals surface area (Å²) in [4.78, 5) is 21.6. The molecule has 3 aromatic rings. The Hall–Kier alpha value is -3.15. The van der Waals surface area contributed by atoms with Crippen molar-refractivity contribution < 1.29 is 18.3 Å². The van der Waals surface area contributed by atoms with Gasteiger partial charge in [0.05, 0.1) is 6.17 Å². The molecule has 0 amide bonds. The molecule has 0 saturated carbocycles. The third-order valence-electron chi connectivity index (χ3n) is 8.27. The van der Waals surface area contributed by atoms with Crippen LogP contribution in [0, 0.1) is 0 Å². The van der Waals surface area contributed by atoms with Gasteiger partial charge in [-0.1, -0.05) is 120 Å². The van der Waals surface area contributed by atoms with Gasteiger partial charge in [0.1, 0.15) is 5.75 Å². The maximum absolute atomic E-state index is 15.1. The number of esters is 1. The van der Waals surface area contributed by atoms with Crippen molar-refractivity contribution in [2.45, 2.75) is 135 Å². The van der Waals surface area contributed by atoms with Gasteiger partial charge in [-0.05, 0) is 62.8 Å². The van der Waals surface area contributed by atoms with Crippen LogP contribution in [0.4, 0.5) is 8.78 Å². The Bertz CT molecular complexity index is 1210. The second-order valence-electron chi connectivity index (χ2n) is 12.4. The van der Waals surface area contributed by atoms with Gasteiger partial charge in [0.25, 0.3) is 0 Å². The molecule has 0 aliphatic carbocycles. The van der Waals surface area contributed by atoms with Gasteiger partial charge in [-0.15, -0.1) is 0 Å². The maximum atomic E-state index is 15.1. The van der Waals surface area contributed by atoms with Crippen molar-refractivity contribution in [3.8, 4) is 28.3 Å². The molecule has 6 heteroatoms. The molecular formula is C38H52F2N2O2.